The first-order chi connectivity index (χ1) is 6.54. The third-order valence-corrected chi connectivity index (χ3v) is 2.08. The van der Waals surface area contributed by atoms with E-state index in [0.29, 0.717) is 0 Å². The average Bonchev–Trinajstić information content (AvgIpc) is 2.20. The first kappa shape index (κ1) is 13.5. The summed E-state index contributed by atoms with van der Waals surface area (Å²) in [5.74, 6) is 0. The van der Waals surface area contributed by atoms with Crippen LogP contribution in [0.3, 0.4) is 0 Å². The van der Waals surface area contributed by atoms with Crippen LogP contribution in [0.4, 0.5) is 8.78 Å². The van der Waals surface area contributed by atoms with Crippen LogP contribution in [0.1, 0.15) is 31.9 Å². The van der Waals surface area contributed by atoms with Gasteiger partial charge in [0, 0.05) is 5.56 Å². The van der Waals surface area contributed by atoms with Gasteiger partial charge in [0.25, 0.3) is 5.66 Å². The van der Waals surface area contributed by atoms with Crippen LogP contribution >= 0.6 is 9.24 Å². The molecule has 0 radical (unpaired) electrons. The number of hydrogen-bond acceptors (Lipinski definition) is 0. The second-order valence-electron chi connectivity index (χ2n) is 2.67. The van der Waals surface area contributed by atoms with E-state index in [9.17, 15) is 8.78 Å². The van der Waals surface area contributed by atoms with Crippen molar-refractivity contribution in [2.75, 3.05) is 0 Å². The van der Waals surface area contributed by atoms with Crippen LogP contribution < -0.4 is 0 Å². The topological polar surface area (TPSA) is 0 Å². The maximum Gasteiger partial charge on any atom is 0.283 e. The first-order valence-corrected chi connectivity index (χ1v) is 5.38. The zero-order valence-corrected chi connectivity index (χ0v) is 10.0. The van der Waals surface area contributed by atoms with Crippen molar-refractivity contribution in [2.24, 2.45) is 0 Å². The van der Waals surface area contributed by atoms with Crippen molar-refractivity contribution in [3.05, 3.63) is 35.4 Å². The monoisotopic (exact) mass is 218 g/mol. The van der Waals surface area contributed by atoms with Crippen LogP contribution in [0, 0.1) is 0 Å². The minimum Gasteiger partial charge on any atom is -0.197 e. The molecular formula is C11H17F2P. The highest BCUT2D eigenvalue weighted by atomic mass is 31.0. The Morgan fingerprint density at radius 3 is 1.86 bits per heavy atom. The molecule has 0 saturated carbocycles. The van der Waals surface area contributed by atoms with Crippen molar-refractivity contribution in [1.29, 1.82) is 0 Å². The molecule has 1 aromatic carbocycles. The molecule has 0 saturated heterocycles. The maximum atomic E-state index is 12.7. The van der Waals surface area contributed by atoms with Gasteiger partial charge in [-0.3, -0.25) is 0 Å². The molecule has 0 aliphatic rings. The van der Waals surface area contributed by atoms with E-state index in [0.717, 1.165) is 12.0 Å². The summed E-state index contributed by atoms with van der Waals surface area (Å²) in [6.45, 7) is 5.99. The van der Waals surface area contributed by atoms with Gasteiger partial charge in [0.15, 0.2) is 0 Å². The van der Waals surface area contributed by atoms with Crippen molar-refractivity contribution in [2.45, 2.75) is 32.9 Å². The minimum atomic E-state index is -2.80. The van der Waals surface area contributed by atoms with Crippen molar-refractivity contribution in [3.8, 4) is 0 Å². The van der Waals surface area contributed by atoms with Crippen LogP contribution in [0.5, 0.6) is 0 Å². The Morgan fingerprint density at radius 2 is 1.57 bits per heavy atom. The summed E-state index contributed by atoms with van der Waals surface area (Å²) in [4.78, 5) is 0. The average molecular weight is 218 g/mol. The van der Waals surface area contributed by atoms with Crippen molar-refractivity contribution < 1.29 is 8.78 Å². The number of benzene rings is 1. The SMILES string of the molecule is CC.CCc1ccc(C(F)(F)P)cc1. The number of rotatable bonds is 2. The lowest BCUT2D eigenvalue weighted by molar-refractivity contribution is 0.104. The molecule has 1 atom stereocenters. The van der Waals surface area contributed by atoms with Crippen molar-refractivity contribution in [1.82, 2.24) is 0 Å². The van der Waals surface area contributed by atoms with E-state index in [1.807, 2.05) is 20.8 Å². The highest BCUT2D eigenvalue weighted by molar-refractivity contribution is 7.17. The molecule has 0 fully saturated rings. The van der Waals surface area contributed by atoms with Gasteiger partial charge in [-0.2, -0.15) is 8.78 Å². The van der Waals surface area contributed by atoms with E-state index in [-0.39, 0.29) is 5.56 Å². The summed E-state index contributed by atoms with van der Waals surface area (Å²) in [7, 11) is 1.53. The zero-order valence-electron chi connectivity index (χ0n) is 8.85. The second kappa shape index (κ2) is 6.08. The molecule has 1 unspecified atom stereocenters. The summed E-state index contributed by atoms with van der Waals surface area (Å²) in [6, 6.07) is 6.39. The van der Waals surface area contributed by atoms with Crippen LogP contribution in [-0.2, 0) is 12.1 Å². The van der Waals surface area contributed by atoms with Crippen molar-refractivity contribution in [3.63, 3.8) is 0 Å². The molecule has 80 valence electrons. The summed E-state index contributed by atoms with van der Waals surface area (Å²) in [5.41, 5.74) is -1.68. The Bertz CT molecular complexity index is 249. The molecule has 0 aliphatic heterocycles. The van der Waals surface area contributed by atoms with E-state index in [1.54, 1.807) is 12.1 Å². The Kier molecular flexibility index (Phi) is 5.87. The van der Waals surface area contributed by atoms with E-state index in [1.165, 1.54) is 21.4 Å². The Labute approximate surface area is 86.9 Å². The molecule has 0 aliphatic carbocycles. The predicted molar refractivity (Wildman–Crippen MR) is 60.8 cm³/mol. The molecule has 0 N–H and O–H groups in total. The summed E-state index contributed by atoms with van der Waals surface area (Å²) >= 11 is 0. The first-order valence-electron chi connectivity index (χ1n) is 4.80. The fourth-order valence-electron chi connectivity index (χ4n) is 0.963. The quantitative estimate of drug-likeness (QED) is 0.652. The van der Waals surface area contributed by atoms with Crippen LogP contribution in [0.25, 0.3) is 0 Å². The standard InChI is InChI=1S/C9H11F2P.C2H6/c1-2-7-3-5-8(6-4-7)9(10,11)12;1-2/h3-6H,2,12H2,1H3;1-2H3. The minimum absolute atomic E-state index is 0.0460. The smallest absolute Gasteiger partial charge is 0.197 e. The fraction of sp³-hybridized carbons (Fsp3) is 0.455. The molecule has 1 aromatic rings. The number of halogens is 2. The molecule has 3 heteroatoms. The van der Waals surface area contributed by atoms with Gasteiger partial charge in [0.05, 0.1) is 0 Å². The molecule has 0 amide bonds. The Morgan fingerprint density at radius 1 is 1.14 bits per heavy atom. The molecule has 14 heavy (non-hydrogen) atoms. The zero-order chi connectivity index (χ0) is 11.2. The lowest BCUT2D eigenvalue weighted by atomic mass is 10.1. The maximum absolute atomic E-state index is 12.7. The molecule has 0 spiro atoms. The van der Waals surface area contributed by atoms with Crippen LogP contribution in [-0.4, -0.2) is 0 Å². The van der Waals surface area contributed by atoms with Crippen LogP contribution in [0.2, 0.25) is 0 Å². The summed E-state index contributed by atoms with van der Waals surface area (Å²) in [6.07, 6.45) is 0.878. The fourth-order valence-corrected chi connectivity index (χ4v) is 1.16. The highest BCUT2D eigenvalue weighted by Gasteiger charge is 2.23. The second-order valence-corrected chi connectivity index (χ2v) is 3.40. The van der Waals surface area contributed by atoms with Gasteiger partial charge in [-0.1, -0.05) is 54.3 Å². The lowest BCUT2D eigenvalue weighted by Crippen LogP contribution is -2.01. The normalized spacial score (nSPS) is 10.4. The predicted octanol–water partition coefficient (Wildman–Crippen LogP) is 4.20. The van der Waals surface area contributed by atoms with Gasteiger partial charge in [-0.05, 0) is 12.0 Å². The summed E-state index contributed by atoms with van der Waals surface area (Å²) < 4.78 is 25.3. The van der Waals surface area contributed by atoms with Gasteiger partial charge in [-0.25, -0.2) is 0 Å². The van der Waals surface area contributed by atoms with Crippen LogP contribution in [0.15, 0.2) is 24.3 Å². The van der Waals surface area contributed by atoms with E-state index in [2.05, 4.69) is 0 Å². The van der Waals surface area contributed by atoms with Gasteiger partial charge < -0.3 is 0 Å². The largest absolute Gasteiger partial charge is 0.283 e. The van der Waals surface area contributed by atoms with Gasteiger partial charge >= 0.3 is 0 Å². The molecule has 0 bridgehead atoms. The Hall–Kier alpha value is -0.490. The van der Waals surface area contributed by atoms with E-state index < -0.39 is 5.66 Å². The third kappa shape index (κ3) is 4.15. The molecular weight excluding hydrogens is 201 g/mol. The number of hydrogen-bond donors (Lipinski definition) is 0. The third-order valence-electron chi connectivity index (χ3n) is 1.75. The van der Waals surface area contributed by atoms with E-state index in [4.69, 9.17) is 0 Å². The molecule has 0 heterocycles. The van der Waals surface area contributed by atoms with Gasteiger partial charge in [0.2, 0.25) is 0 Å². The van der Waals surface area contributed by atoms with Crippen molar-refractivity contribution >= 4 is 9.24 Å². The molecule has 0 aromatic heterocycles. The summed E-state index contributed by atoms with van der Waals surface area (Å²) in [5, 5.41) is 0. The number of aryl methyl sites for hydroxylation is 1. The van der Waals surface area contributed by atoms with Gasteiger partial charge in [0.1, 0.15) is 0 Å². The highest BCUT2D eigenvalue weighted by Crippen LogP contribution is 2.34. The van der Waals surface area contributed by atoms with E-state index >= 15 is 0 Å². The Balaban J connectivity index is 0.000000791. The number of alkyl halides is 2. The molecule has 0 nitrogen and oxygen atoms in total. The van der Waals surface area contributed by atoms with Gasteiger partial charge in [-0.15, -0.1) is 0 Å². The molecule has 1 rings (SSSR count). The lowest BCUT2D eigenvalue weighted by Gasteiger charge is -2.10.